The van der Waals surface area contributed by atoms with Crippen LogP contribution in [0.15, 0.2) is 18.2 Å². The lowest BCUT2D eigenvalue weighted by atomic mass is 10.0. The minimum atomic E-state index is 0.197. The zero-order valence-corrected chi connectivity index (χ0v) is 16.0. The standard InChI is InChI=1S/C20H34N2O3/c1-4-14-25-19-7-6-17(15-20(19)24-5-2)16-22(12-13-23)18-8-10-21(3)11-9-18/h6-7,15,18,23H,4-5,8-14,16H2,1-3H3. The van der Waals surface area contributed by atoms with Crippen LogP contribution in [-0.2, 0) is 6.54 Å². The first-order valence-electron chi connectivity index (χ1n) is 9.59. The molecule has 0 bridgehead atoms. The number of hydrogen-bond acceptors (Lipinski definition) is 5. The van der Waals surface area contributed by atoms with Crippen LogP contribution < -0.4 is 9.47 Å². The van der Waals surface area contributed by atoms with Gasteiger partial charge in [0, 0.05) is 19.1 Å². The van der Waals surface area contributed by atoms with Crippen molar-refractivity contribution in [3.8, 4) is 11.5 Å². The molecule has 5 heteroatoms. The molecule has 1 aromatic rings. The van der Waals surface area contributed by atoms with E-state index in [1.54, 1.807) is 0 Å². The smallest absolute Gasteiger partial charge is 0.161 e. The average Bonchev–Trinajstić information content (AvgIpc) is 2.62. The fourth-order valence-electron chi connectivity index (χ4n) is 3.36. The van der Waals surface area contributed by atoms with Gasteiger partial charge < -0.3 is 19.5 Å². The van der Waals surface area contributed by atoms with E-state index in [4.69, 9.17) is 9.47 Å². The van der Waals surface area contributed by atoms with Gasteiger partial charge >= 0.3 is 0 Å². The predicted octanol–water partition coefficient (Wildman–Crippen LogP) is 2.76. The van der Waals surface area contributed by atoms with E-state index in [9.17, 15) is 5.11 Å². The lowest BCUT2D eigenvalue weighted by molar-refractivity contribution is 0.0940. The van der Waals surface area contributed by atoms with E-state index >= 15 is 0 Å². The van der Waals surface area contributed by atoms with Gasteiger partial charge in [-0.3, -0.25) is 4.90 Å². The second kappa shape index (κ2) is 10.6. The van der Waals surface area contributed by atoms with Crippen molar-refractivity contribution in [3.05, 3.63) is 23.8 Å². The van der Waals surface area contributed by atoms with Crippen molar-refractivity contribution >= 4 is 0 Å². The molecular weight excluding hydrogens is 316 g/mol. The molecule has 25 heavy (non-hydrogen) atoms. The molecule has 0 aromatic heterocycles. The van der Waals surface area contributed by atoms with Gasteiger partial charge in [-0.25, -0.2) is 0 Å². The Labute approximate surface area is 152 Å². The van der Waals surface area contributed by atoms with Gasteiger partial charge in [-0.2, -0.15) is 0 Å². The number of hydrogen-bond donors (Lipinski definition) is 1. The summed E-state index contributed by atoms with van der Waals surface area (Å²) in [4.78, 5) is 4.78. The van der Waals surface area contributed by atoms with Gasteiger partial charge in [0.15, 0.2) is 11.5 Å². The summed E-state index contributed by atoms with van der Waals surface area (Å²) >= 11 is 0. The van der Waals surface area contributed by atoms with E-state index in [0.29, 0.717) is 25.8 Å². The topological polar surface area (TPSA) is 45.2 Å². The molecule has 0 spiro atoms. The van der Waals surface area contributed by atoms with Crippen LogP contribution in [0.25, 0.3) is 0 Å². The number of likely N-dealkylation sites (tertiary alicyclic amines) is 1. The lowest BCUT2D eigenvalue weighted by Gasteiger charge is -2.37. The van der Waals surface area contributed by atoms with Crippen molar-refractivity contribution in [1.82, 2.24) is 9.80 Å². The third-order valence-electron chi connectivity index (χ3n) is 4.75. The molecule has 1 heterocycles. The fraction of sp³-hybridized carbons (Fsp3) is 0.700. The Kier molecular flexibility index (Phi) is 8.52. The van der Waals surface area contributed by atoms with Crippen LogP contribution >= 0.6 is 0 Å². The summed E-state index contributed by atoms with van der Waals surface area (Å²) in [7, 11) is 2.18. The highest BCUT2D eigenvalue weighted by atomic mass is 16.5. The number of aliphatic hydroxyl groups is 1. The average molecular weight is 351 g/mol. The van der Waals surface area contributed by atoms with Crippen molar-refractivity contribution in [2.45, 2.75) is 45.7 Å². The quantitative estimate of drug-likeness (QED) is 0.703. The van der Waals surface area contributed by atoms with Crippen molar-refractivity contribution in [3.63, 3.8) is 0 Å². The molecule has 1 aliphatic rings. The first kappa shape index (κ1) is 20.0. The Hall–Kier alpha value is -1.30. The zero-order valence-electron chi connectivity index (χ0n) is 16.0. The van der Waals surface area contributed by atoms with Gasteiger partial charge in [0.05, 0.1) is 19.8 Å². The van der Waals surface area contributed by atoms with E-state index in [1.165, 1.54) is 5.56 Å². The minimum Gasteiger partial charge on any atom is -0.490 e. The van der Waals surface area contributed by atoms with Gasteiger partial charge in [-0.15, -0.1) is 0 Å². The second-order valence-corrected chi connectivity index (χ2v) is 6.79. The van der Waals surface area contributed by atoms with Crippen molar-refractivity contribution in [1.29, 1.82) is 0 Å². The Balaban J connectivity index is 2.08. The number of benzene rings is 1. The molecule has 0 amide bonds. The van der Waals surface area contributed by atoms with Crippen molar-refractivity contribution in [2.75, 3.05) is 46.5 Å². The molecule has 0 unspecified atom stereocenters. The molecule has 1 N–H and O–H groups in total. The summed E-state index contributed by atoms with van der Waals surface area (Å²) in [6.07, 6.45) is 3.30. The normalized spacial score (nSPS) is 16.4. The highest BCUT2D eigenvalue weighted by molar-refractivity contribution is 5.43. The largest absolute Gasteiger partial charge is 0.490 e. The van der Waals surface area contributed by atoms with Gasteiger partial charge in [0.1, 0.15) is 0 Å². The maximum Gasteiger partial charge on any atom is 0.161 e. The van der Waals surface area contributed by atoms with Crippen LogP contribution in [0.3, 0.4) is 0 Å². The van der Waals surface area contributed by atoms with E-state index in [1.807, 2.05) is 13.0 Å². The minimum absolute atomic E-state index is 0.197. The van der Waals surface area contributed by atoms with Gasteiger partial charge in [-0.05, 0) is 64.0 Å². The van der Waals surface area contributed by atoms with E-state index < -0.39 is 0 Å². The van der Waals surface area contributed by atoms with Crippen LogP contribution in [0.1, 0.15) is 38.7 Å². The summed E-state index contributed by atoms with van der Waals surface area (Å²) in [6, 6.07) is 6.76. The van der Waals surface area contributed by atoms with Gasteiger partial charge in [0.2, 0.25) is 0 Å². The van der Waals surface area contributed by atoms with Gasteiger partial charge in [-0.1, -0.05) is 13.0 Å². The monoisotopic (exact) mass is 350 g/mol. The lowest BCUT2D eigenvalue weighted by Crippen LogP contribution is -2.44. The van der Waals surface area contributed by atoms with Crippen LogP contribution in [0.4, 0.5) is 0 Å². The Morgan fingerprint density at radius 3 is 2.56 bits per heavy atom. The fourth-order valence-corrected chi connectivity index (χ4v) is 3.36. The second-order valence-electron chi connectivity index (χ2n) is 6.79. The molecule has 5 nitrogen and oxygen atoms in total. The maximum absolute atomic E-state index is 9.48. The molecular formula is C20H34N2O3. The van der Waals surface area contributed by atoms with E-state index in [0.717, 1.165) is 50.4 Å². The van der Waals surface area contributed by atoms with Crippen LogP contribution in [0, 0.1) is 0 Å². The summed E-state index contributed by atoms with van der Waals surface area (Å²) in [5.74, 6) is 1.64. The predicted molar refractivity (Wildman–Crippen MR) is 101 cm³/mol. The molecule has 0 atom stereocenters. The molecule has 2 rings (SSSR count). The first-order valence-corrected chi connectivity index (χ1v) is 9.59. The molecule has 142 valence electrons. The number of piperidine rings is 1. The van der Waals surface area contributed by atoms with Crippen molar-refractivity contribution in [2.24, 2.45) is 0 Å². The molecule has 0 radical (unpaired) electrons. The molecule has 0 saturated carbocycles. The van der Waals surface area contributed by atoms with Gasteiger partial charge in [0.25, 0.3) is 0 Å². The summed E-state index contributed by atoms with van der Waals surface area (Å²) in [6.45, 7) is 9.42. The van der Waals surface area contributed by atoms with Crippen LogP contribution in [0.5, 0.6) is 11.5 Å². The van der Waals surface area contributed by atoms with E-state index in [2.05, 4.69) is 35.9 Å². The third kappa shape index (κ3) is 6.17. The van der Waals surface area contributed by atoms with E-state index in [-0.39, 0.29) is 6.61 Å². The third-order valence-corrected chi connectivity index (χ3v) is 4.75. The highest BCUT2D eigenvalue weighted by Gasteiger charge is 2.23. The summed E-state index contributed by atoms with van der Waals surface area (Å²) in [5.41, 5.74) is 1.21. The van der Waals surface area contributed by atoms with Crippen LogP contribution in [-0.4, -0.2) is 67.5 Å². The number of nitrogens with zero attached hydrogens (tertiary/aromatic N) is 2. The molecule has 1 fully saturated rings. The number of rotatable bonds is 10. The maximum atomic E-state index is 9.48. The molecule has 1 saturated heterocycles. The molecule has 1 aromatic carbocycles. The Morgan fingerprint density at radius 1 is 1.16 bits per heavy atom. The molecule has 0 aliphatic carbocycles. The number of aliphatic hydroxyl groups excluding tert-OH is 1. The summed E-state index contributed by atoms with van der Waals surface area (Å²) in [5, 5.41) is 9.48. The highest BCUT2D eigenvalue weighted by Crippen LogP contribution is 2.30. The van der Waals surface area contributed by atoms with Crippen molar-refractivity contribution < 1.29 is 14.6 Å². The molecule has 1 aliphatic heterocycles. The SMILES string of the molecule is CCCOc1ccc(CN(CCO)C2CCN(C)CC2)cc1OCC. The number of ether oxygens (including phenoxy) is 2. The summed E-state index contributed by atoms with van der Waals surface area (Å²) < 4.78 is 11.6. The zero-order chi connectivity index (χ0) is 18.1. The first-order chi connectivity index (χ1) is 12.2. The van der Waals surface area contributed by atoms with Crippen LogP contribution in [0.2, 0.25) is 0 Å². The Morgan fingerprint density at radius 2 is 1.92 bits per heavy atom. The Bertz CT molecular complexity index is 502.